The molecule has 1 rings (SSSR count). The molecule has 102 valence electrons. The summed E-state index contributed by atoms with van der Waals surface area (Å²) in [5, 5.41) is 19.7. The summed E-state index contributed by atoms with van der Waals surface area (Å²) in [4.78, 5) is 23.8. The number of nitro groups is 1. The maximum atomic E-state index is 12.3. The summed E-state index contributed by atoms with van der Waals surface area (Å²) in [7, 11) is 0. The molecule has 0 fully saturated rings. The molecule has 0 heterocycles. The van der Waals surface area contributed by atoms with Crippen molar-refractivity contribution in [1.82, 2.24) is 4.90 Å². The van der Waals surface area contributed by atoms with E-state index in [1.807, 2.05) is 0 Å². The minimum Gasteiger partial charge on any atom is -0.395 e. The highest BCUT2D eigenvalue weighted by atomic mass is 16.6. The van der Waals surface area contributed by atoms with Gasteiger partial charge in [0.05, 0.1) is 11.5 Å². The van der Waals surface area contributed by atoms with E-state index >= 15 is 0 Å². The van der Waals surface area contributed by atoms with Crippen molar-refractivity contribution >= 4 is 11.6 Å². The molecular formula is C13H16N2O4. The molecule has 19 heavy (non-hydrogen) atoms. The lowest BCUT2D eigenvalue weighted by Crippen LogP contribution is -2.34. The van der Waals surface area contributed by atoms with Gasteiger partial charge in [-0.3, -0.25) is 14.9 Å². The van der Waals surface area contributed by atoms with Gasteiger partial charge in [-0.05, 0) is 12.5 Å². The number of hydrogen-bond acceptors (Lipinski definition) is 4. The van der Waals surface area contributed by atoms with Crippen molar-refractivity contribution in [1.29, 1.82) is 0 Å². The van der Waals surface area contributed by atoms with Crippen molar-refractivity contribution in [3.05, 3.63) is 52.1 Å². The molecule has 0 aliphatic heterocycles. The van der Waals surface area contributed by atoms with E-state index in [0.29, 0.717) is 5.56 Å². The Bertz CT molecular complexity index is 499. The van der Waals surface area contributed by atoms with Gasteiger partial charge in [-0.2, -0.15) is 0 Å². The number of hydrogen-bond donors (Lipinski definition) is 1. The fourth-order valence-corrected chi connectivity index (χ4v) is 1.68. The van der Waals surface area contributed by atoms with Crippen molar-refractivity contribution < 1.29 is 14.8 Å². The molecule has 0 radical (unpaired) electrons. The standard InChI is InChI=1S/C13H16N2O4/c1-3-6-14(7-8-16)13(17)12-9-11(15(18)19)5-4-10(12)2/h3-5,9,16H,1,6-8H2,2H3. The molecule has 0 saturated carbocycles. The lowest BCUT2D eigenvalue weighted by Gasteiger charge is -2.20. The van der Waals surface area contributed by atoms with Crippen LogP contribution in [0.4, 0.5) is 5.69 Å². The summed E-state index contributed by atoms with van der Waals surface area (Å²) in [6, 6.07) is 4.15. The van der Waals surface area contributed by atoms with E-state index in [2.05, 4.69) is 6.58 Å². The minimum atomic E-state index is -0.542. The lowest BCUT2D eigenvalue weighted by atomic mass is 10.1. The number of nitro benzene ring substituents is 1. The first-order valence-corrected chi connectivity index (χ1v) is 5.77. The SMILES string of the molecule is C=CCN(CCO)C(=O)c1cc([N+](=O)[O-])ccc1C. The number of carbonyl (C=O) groups is 1. The maximum absolute atomic E-state index is 12.3. The number of aryl methyl sites for hydroxylation is 1. The lowest BCUT2D eigenvalue weighted by molar-refractivity contribution is -0.384. The number of non-ortho nitro benzene ring substituents is 1. The third kappa shape index (κ3) is 3.62. The predicted octanol–water partition coefficient (Wildman–Crippen LogP) is 1.52. The van der Waals surface area contributed by atoms with Crippen LogP contribution in [0.15, 0.2) is 30.9 Å². The van der Waals surface area contributed by atoms with Gasteiger partial charge >= 0.3 is 0 Å². The number of aliphatic hydroxyl groups is 1. The van der Waals surface area contributed by atoms with Gasteiger partial charge in [0.15, 0.2) is 0 Å². The van der Waals surface area contributed by atoms with Gasteiger partial charge in [0, 0.05) is 30.8 Å². The molecule has 0 atom stereocenters. The minimum absolute atomic E-state index is 0.128. The van der Waals surface area contributed by atoms with E-state index in [4.69, 9.17) is 5.11 Å². The third-order valence-corrected chi connectivity index (χ3v) is 2.67. The molecule has 0 unspecified atom stereocenters. The molecule has 0 bridgehead atoms. The van der Waals surface area contributed by atoms with E-state index in [1.54, 1.807) is 13.0 Å². The summed E-state index contributed by atoms with van der Waals surface area (Å²) < 4.78 is 0. The zero-order chi connectivity index (χ0) is 14.4. The summed E-state index contributed by atoms with van der Waals surface area (Å²) in [6.45, 7) is 5.52. The van der Waals surface area contributed by atoms with Crippen LogP contribution < -0.4 is 0 Å². The van der Waals surface area contributed by atoms with Crippen LogP contribution in [-0.4, -0.2) is 40.5 Å². The van der Waals surface area contributed by atoms with Gasteiger partial charge in [0.1, 0.15) is 0 Å². The quantitative estimate of drug-likeness (QED) is 0.479. The Morgan fingerprint density at radius 3 is 2.79 bits per heavy atom. The molecule has 0 spiro atoms. The molecule has 1 aromatic carbocycles. The number of carbonyl (C=O) groups excluding carboxylic acids is 1. The normalized spacial score (nSPS) is 10.0. The van der Waals surface area contributed by atoms with Crippen molar-refractivity contribution in [3.63, 3.8) is 0 Å². The number of nitrogens with zero attached hydrogens (tertiary/aromatic N) is 2. The van der Waals surface area contributed by atoms with Crippen LogP contribution in [0.3, 0.4) is 0 Å². The van der Waals surface area contributed by atoms with Crippen molar-refractivity contribution in [2.24, 2.45) is 0 Å². The number of amides is 1. The number of rotatable bonds is 6. The van der Waals surface area contributed by atoms with Gasteiger partial charge in [-0.1, -0.05) is 12.1 Å². The summed E-state index contributed by atoms with van der Waals surface area (Å²) >= 11 is 0. The highest BCUT2D eigenvalue weighted by Crippen LogP contribution is 2.19. The van der Waals surface area contributed by atoms with Crippen LogP contribution in [0, 0.1) is 17.0 Å². The predicted molar refractivity (Wildman–Crippen MR) is 71.0 cm³/mol. The molecular weight excluding hydrogens is 248 g/mol. The van der Waals surface area contributed by atoms with Crippen LogP contribution >= 0.6 is 0 Å². The maximum Gasteiger partial charge on any atom is 0.270 e. The van der Waals surface area contributed by atoms with Gasteiger partial charge in [0.25, 0.3) is 11.6 Å². The van der Waals surface area contributed by atoms with Gasteiger partial charge in [-0.25, -0.2) is 0 Å². The average Bonchev–Trinajstić information content (AvgIpc) is 2.38. The smallest absolute Gasteiger partial charge is 0.270 e. The first kappa shape index (κ1) is 14.8. The van der Waals surface area contributed by atoms with E-state index in [9.17, 15) is 14.9 Å². The Labute approximate surface area is 111 Å². The van der Waals surface area contributed by atoms with Crippen LogP contribution in [0.5, 0.6) is 0 Å². The largest absolute Gasteiger partial charge is 0.395 e. The fourth-order valence-electron chi connectivity index (χ4n) is 1.68. The van der Waals surface area contributed by atoms with Crippen molar-refractivity contribution in [3.8, 4) is 0 Å². The monoisotopic (exact) mass is 264 g/mol. The summed E-state index contributed by atoms with van der Waals surface area (Å²) in [5.41, 5.74) is 0.795. The Balaban J connectivity index is 3.12. The fraction of sp³-hybridized carbons (Fsp3) is 0.308. The van der Waals surface area contributed by atoms with Gasteiger partial charge in [-0.15, -0.1) is 6.58 Å². The van der Waals surface area contributed by atoms with Crippen molar-refractivity contribution in [2.45, 2.75) is 6.92 Å². The molecule has 1 aromatic rings. The van der Waals surface area contributed by atoms with Crippen LogP contribution in [0.1, 0.15) is 15.9 Å². The number of aliphatic hydroxyl groups excluding tert-OH is 1. The van der Waals surface area contributed by atoms with E-state index in [0.717, 1.165) is 0 Å². The molecule has 0 aliphatic carbocycles. The zero-order valence-corrected chi connectivity index (χ0v) is 10.7. The summed E-state index contributed by atoms with van der Waals surface area (Å²) in [6.07, 6.45) is 1.54. The second kappa shape index (κ2) is 6.65. The third-order valence-electron chi connectivity index (χ3n) is 2.67. The first-order valence-electron chi connectivity index (χ1n) is 5.77. The Morgan fingerprint density at radius 1 is 1.58 bits per heavy atom. The molecule has 1 amide bonds. The second-order valence-corrected chi connectivity index (χ2v) is 4.02. The Morgan fingerprint density at radius 2 is 2.26 bits per heavy atom. The highest BCUT2D eigenvalue weighted by molar-refractivity contribution is 5.96. The molecule has 0 saturated heterocycles. The van der Waals surface area contributed by atoms with E-state index < -0.39 is 4.92 Å². The first-order chi connectivity index (χ1) is 9.01. The molecule has 1 N–H and O–H groups in total. The van der Waals surface area contributed by atoms with E-state index in [-0.39, 0.29) is 36.9 Å². The van der Waals surface area contributed by atoms with Gasteiger partial charge in [0.2, 0.25) is 0 Å². The zero-order valence-electron chi connectivity index (χ0n) is 10.7. The average molecular weight is 264 g/mol. The molecule has 0 aromatic heterocycles. The molecule has 6 nitrogen and oxygen atoms in total. The number of benzene rings is 1. The van der Waals surface area contributed by atoms with Crippen molar-refractivity contribution in [2.75, 3.05) is 19.7 Å². The van der Waals surface area contributed by atoms with Crippen LogP contribution in [0.25, 0.3) is 0 Å². The second-order valence-electron chi connectivity index (χ2n) is 4.02. The molecule has 6 heteroatoms. The Kier molecular flexibility index (Phi) is 5.20. The van der Waals surface area contributed by atoms with E-state index in [1.165, 1.54) is 23.1 Å². The summed E-state index contributed by atoms with van der Waals surface area (Å²) in [5.74, 6) is -0.352. The Hall–Kier alpha value is -2.21. The topological polar surface area (TPSA) is 83.7 Å². The van der Waals surface area contributed by atoms with Gasteiger partial charge < -0.3 is 10.0 Å². The van der Waals surface area contributed by atoms with Crippen LogP contribution in [-0.2, 0) is 0 Å². The van der Waals surface area contributed by atoms with Crippen LogP contribution in [0.2, 0.25) is 0 Å². The highest BCUT2D eigenvalue weighted by Gasteiger charge is 2.19. The molecule has 0 aliphatic rings.